The summed E-state index contributed by atoms with van der Waals surface area (Å²) in [5, 5.41) is 0.869. The SMILES string of the molecule is COc1ccc2[nH]c(SCc3nccc(OCCN4CCOCC4)c3C)nc2c1. The molecule has 0 amide bonds. The van der Waals surface area contributed by atoms with E-state index < -0.39 is 0 Å². The maximum absolute atomic E-state index is 6.04. The number of nitrogens with zero attached hydrogens (tertiary/aromatic N) is 3. The Morgan fingerprint density at radius 3 is 2.93 bits per heavy atom. The van der Waals surface area contributed by atoms with Crippen LogP contribution >= 0.6 is 11.8 Å². The second kappa shape index (κ2) is 9.47. The molecule has 0 unspecified atom stereocenters. The number of fused-ring (bicyclic) bond motifs is 1. The molecule has 1 N–H and O–H groups in total. The van der Waals surface area contributed by atoms with Crippen LogP contribution in [0.4, 0.5) is 0 Å². The highest BCUT2D eigenvalue weighted by atomic mass is 32.2. The van der Waals surface area contributed by atoms with Crippen molar-refractivity contribution >= 4 is 22.8 Å². The maximum atomic E-state index is 6.04. The predicted octanol–water partition coefficient (Wildman–Crippen LogP) is 3.28. The first-order valence-electron chi connectivity index (χ1n) is 9.77. The van der Waals surface area contributed by atoms with Crippen molar-refractivity contribution in [3.8, 4) is 11.5 Å². The molecule has 4 rings (SSSR count). The number of hydrogen-bond donors (Lipinski definition) is 1. The smallest absolute Gasteiger partial charge is 0.166 e. The molecule has 154 valence electrons. The molecule has 0 radical (unpaired) electrons. The van der Waals surface area contributed by atoms with Crippen molar-refractivity contribution in [3.63, 3.8) is 0 Å². The molecular weight excluding hydrogens is 388 g/mol. The molecule has 0 atom stereocenters. The topological polar surface area (TPSA) is 72.5 Å². The maximum Gasteiger partial charge on any atom is 0.166 e. The van der Waals surface area contributed by atoms with Gasteiger partial charge in [0.1, 0.15) is 18.1 Å². The molecule has 3 heterocycles. The lowest BCUT2D eigenvalue weighted by atomic mass is 10.2. The Labute approximate surface area is 174 Å². The van der Waals surface area contributed by atoms with Crippen LogP contribution in [0.1, 0.15) is 11.3 Å². The summed E-state index contributed by atoms with van der Waals surface area (Å²) in [7, 11) is 1.66. The van der Waals surface area contributed by atoms with Crippen LogP contribution in [0, 0.1) is 6.92 Å². The van der Waals surface area contributed by atoms with Crippen LogP contribution in [0.2, 0.25) is 0 Å². The molecule has 0 aliphatic carbocycles. The van der Waals surface area contributed by atoms with Crippen molar-refractivity contribution in [2.75, 3.05) is 46.6 Å². The van der Waals surface area contributed by atoms with Gasteiger partial charge in [-0.05, 0) is 25.1 Å². The van der Waals surface area contributed by atoms with Crippen LogP contribution < -0.4 is 9.47 Å². The van der Waals surface area contributed by atoms with E-state index in [0.717, 1.165) is 77.5 Å². The fourth-order valence-electron chi connectivity index (χ4n) is 3.26. The van der Waals surface area contributed by atoms with E-state index in [0.29, 0.717) is 6.61 Å². The predicted molar refractivity (Wildman–Crippen MR) is 114 cm³/mol. The minimum atomic E-state index is 0.669. The van der Waals surface area contributed by atoms with Gasteiger partial charge in [0.2, 0.25) is 0 Å². The van der Waals surface area contributed by atoms with Gasteiger partial charge in [-0.2, -0.15) is 0 Å². The third kappa shape index (κ3) is 5.01. The lowest BCUT2D eigenvalue weighted by Crippen LogP contribution is -2.38. The Bertz CT molecular complexity index is 956. The summed E-state index contributed by atoms with van der Waals surface area (Å²) in [4.78, 5) is 14.9. The summed E-state index contributed by atoms with van der Waals surface area (Å²) >= 11 is 1.63. The van der Waals surface area contributed by atoms with E-state index in [-0.39, 0.29) is 0 Å². The van der Waals surface area contributed by atoms with Crippen LogP contribution in [-0.2, 0) is 10.5 Å². The van der Waals surface area contributed by atoms with Crippen LogP contribution in [-0.4, -0.2) is 66.4 Å². The summed E-state index contributed by atoms with van der Waals surface area (Å²) in [5.74, 6) is 2.43. The number of aromatic amines is 1. The monoisotopic (exact) mass is 414 g/mol. The van der Waals surface area contributed by atoms with E-state index in [4.69, 9.17) is 14.2 Å². The normalized spacial score (nSPS) is 15.0. The summed E-state index contributed by atoms with van der Waals surface area (Å²) < 4.78 is 16.7. The first-order valence-corrected chi connectivity index (χ1v) is 10.8. The molecule has 2 aromatic heterocycles. The number of rotatable bonds is 8. The summed E-state index contributed by atoms with van der Waals surface area (Å²) in [6.45, 7) is 7.22. The lowest BCUT2D eigenvalue weighted by Gasteiger charge is -2.26. The van der Waals surface area contributed by atoms with Gasteiger partial charge in [-0.1, -0.05) is 11.8 Å². The van der Waals surface area contributed by atoms with E-state index in [1.807, 2.05) is 30.5 Å². The number of hydrogen-bond acceptors (Lipinski definition) is 7. The van der Waals surface area contributed by atoms with Crippen molar-refractivity contribution in [2.45, 2.75) is 17.8 Å². The third-order valence-electron chi connectivity index (χ3n) is 5.04. The molecule has 29 heavy (non-hydrogen) atoms. The van der Waals surface area contributed by atoms with Crippen molar-refractivity contribution in [2.24, 2.45) is 0 Å². The standard InChI is InChI=1S/C21H26N4O3S/c1-15-19(14-29-21-23-17-4-3-16(26-2)13-18(17)24-21)22-6-5-20(15)28-12-9-25-7-10-27-11-8-25/h3-6,13H,7-12,14H2,1-2H3,(H,23,24). The Morgan fingerprint density at radius 1 is 1.24 bits per heavy atom. The molecule has 3 aromatic rings. The summed E-state index contributed by atoms with van der Waals surface area (Å²) in [5.41, 5.74) is 3.99. The van der Waals surface area contributed by atoms with Crippen molar-refractivity contribution in [1.82, 2.24) is 19.9 Å². The third-order valence-corrected chi connectivity index (χ3v) is 5.93. The van der Waals surface area contributed by atoms with Gasteiger partial charge in [-0.25, -0.2) is 4.98 Å². The fourth-order valence-corrected chi connectivity index (χ4v) is 4.17. The number of nitrogens with one attached hydrogen (secondary N) is 1. The van der Waals surface area contributed by atoms with Crippen molar-refractivity contribution in [1.29, 1.82) is 0 Å². The van der Waals surface area contributed by atoms with Crippen LogP contribution in [0.15, 0.2) is 35.6 Å². The number of methoxy groups -OCH3 is 1. The van der Waals surface area contributed by atoms with Crippen LogP contribution in [0.25, 0.3) is 11.0 Å². The van der Waals surface area contributed by atoms with Crippen molar-refractivity contribution < 1.29 is 14.2 Å². The first kappa shape index (κ1) is 20.0. The molecule has 0 spiro atoms. The molecule has 1 aliphatic heterocycles. The van der Waals surface area contributed by atoms with Crippen molar-refractivity contribution in [3.05, 3.63) is 41.7 Å². The van der Waals surface area contributed by atoms with E-state index in [1.165, 1.54) is 0 Å². The minimum Gasteiger partial charge on any atom is -0.497 e. The molecule has 0 saturated carbocycles. The van der Waals surface area contributed by atoms with E-state index in [2.05, 4.69) is 26.8 Å². The second-order valence-corrected chi connectivity index (χ2v) is 7.86. The average molecular weight is 415 g/mol. The van der Waals surface area contributed by atoms with E-state index in [9.17, 15) is 0 Å². The lowest BCUT2D eigenvalue weighted by molar-refractivity contribution is 0.0322. The number of morpholine rings is 1. The second-order valence-electron chi connectivity index (χ2n) is 6.90. The number of thioether (sulfide) groups is 1. The molecule has 1 aromatic carbocycles. The Balaban J connectivity index is 1.35. The number of benzene rings is 1. The molecule has 1 fully saturated rings. The van der Waals surface area contributed by atoms with Gasteiger partial charge >= 0.3 is 0 Å². The van der Waals surface area contributed by atoms with Gasteiger partial charge < -0.3 is 19.2 Å². The largest absolute Gasteiger partial charge is 0.497 e. The molecule has 1 saturated heterocycles. The van der Waals surface area contributed by atoms with Gasteiger partial charge in [0, 0.05) is 43.2 Å². The Hall–Kier alpha value is -2.29. The number of H-pyrrole nitrogens is 1. The molecule has 7 nitrogen and oxygen atoms in total. The highest BCUT2D eigenvalue weighted by molar-refractivity contribution is 7.98. The Morgan fingerprint density at radius 2 is 2.10 bits per heavy atom. The zero-order valence-electron chi connectivity index (χ0n) is 16.8. The number of imidazole rings is 1. The molecule has 1 aliphatic rings. The molecule has 0 bridgehead atoms. The number of ether oxygens (including phenoxy) is 3. The van der Waals surface area contributed by atoms with E-state index >= 15 is 0 Å². The van der Waals surface area contributed by atoms with Crippen LogP contribution in [0.5, 0.6) is 11.5 Å². The molecule has 8 heteroatoms. The number of aromatic nitrogens is 3. The zero-order chi connectivity index (χ0) is 20.1. The van der Waals surface area contributed by atoms with Gasteiger partial charge in [0.05, 0.1) is 37.1 Å². The molecular formula is C21H26N4O3S. The van der Waals surface area contributed by atoms with E-state index in [1.54, 1.807) is 18.9 Å². The first-order chi connectivity index (χ1) is 14.2. The fraction of sp³-hybridized carbons (Fsp3) is 0.429. The zero-order valence-corrected chi connectivity index (χ0v) is 17.6. The highest BCUT2D eigenvalue weighted by Crippen LogP contribution is 2.28. The average Bonchev–Trinajstić information content (AvgIpc) is 3.17. The minimum absolute atomic E-state index is 0.669. The van der Waals surface area contributed by atoms with Gasteiger partial charge in [0.25, 0.3) is 0 Å². The quantitative estimate of drug-likeness (QED) is 0.567. The Kier molecular flexibility index (Phi) is 6.53. The summed E-state index contributed by atoms with van der Waals surface area (Å²) in [6.07, 6.45) is 1.82. The van der Waals surface area contributed by atoms with Gasteiger partial charge in [0.15, 0.2) is 5.16 Å². The van der Waals surface area contributed by atoms with Crippen LogP contribution in [0.3, 0.4) is 0 Å². The summed E-state index contributed by atoms with van der Waals surface area (Å²) in [6, 6.07) is 7.79. The van der Waals surface area contributed by atoms with Gasteiger partial charge in [-0.15, -0.1) is 0 Å². The van der Waals surface area contributed by atoms with Gasteiger partial charge in [-0.3, -0.25) is 9.88 Å². The number of pyridine rings is 1. The highest BCUT2D eigenvalue weighted by Gasteiger charge is 2.12.